The second-order valence-electron chi connectivity index (χ2n) is 5.90. The van der Waals surface area contributed by atoms with E-state index in [4.69, 9.17) is 16.3 Å². The number of nitrogens with zero attached hydrogens (tertiary/aromatic N) is 2. The average Bonchev–Trinajstić information content (AvgIpc) is 2.60. The summed E-state index contributed by atoms with van der Waals surface area (Å²) in [4.78, 5) is 27.1. The minimum atomic E-state index is -0.287. The van der Waals surface area contributed by atoms with Gasteiger partial charge in [0.2, 0.25) is 5.91 Å². The van der Waals surface area contributed by atoms with Gasteiger partial charge in [-0.3, -0.25) is 4.79 Å². The van der Waals surface area contributed by atoms with Gasteiger partial charge in [-0.15, -0.1) is 11.6 Å². The van der Waals surface area contributed by atoms with Crippen LogP contribution in [0, 0.1) is 5.92 Å². The maximum absolute atomic E-state index is 12.2. The van der Waals surface area contributed by atoms with Crippen molar-refractivity contribution in [2.24, 2.45) is 5.92 Å². The van der Waals surface area contributed by atoms with E-state index < -0.39 is 0 Å². The summed E-state index contributed by atoms with van der Waals surface area (Å²) < 4.78 is 5.37. The Morgan fingerprint density at radius 1 is 1.35 bits per heavy atom. The van der Waals surface area contributed by atoms with E-state index in [0.29, 0.717) is 19.6 Å². The largest absolute Gasteiger partial charge is 0.445 e. The number of rotatable bonds is 5. The van der Waals surface area contributed by atoms with Crippen molar-refractivity contribution in [1.82, 2.24) is 9.80 Å². The molecular weight excluding hydrogens is 316 g/mol. The van der Waals surface area contributed by atoms with Gasteiger partial charge in [0.15, 0.2) is 0 Å². The third-order valence-corrected chi connectivity index (χ3v) is 4.28. The standard InChI is InChI=1S/C17H23ClN2O3/c1-19(16(21)10-18)11-15-8-5-9-20(12-15)17(22)23-13-14-6-3-2-4-7-14/h2-4,6-7,15H,5,8-13H2,1H3/t15-/m0/s1. The Labute approximate surface area is 142 Å². The summed E-state index contributed by atoms with van der Waals surface area (Å²) in [6.45, 7) is 2.23. The fourth-order valence-corrected chi connectivity index (χ4v) is 2.99. The predicted octanol–water partition coefficient (Wildman–Crippen LogP) is 2.73. The van der Waals surface area contributed by atoms with Crippen LogP contribution in [0.25, 0.3) is 0 Å². The van der Waals surface area contributed by atoms with Crippen LogP contribution in [-0.4, -0.2) is 54.4 Å². The third-order valence-electron chi connectivity index (χ3n) is 4.05. The highest BCUT2D eigenvalue weighted by atomic mass is 35.5. The van der Waals surface area contributed by atoms with Crippen LogP contribution >= 0.6 is 11.6 Å². The average molecular weight is 339 g/mol. The minimum absolute atomic E-state index is 0.00789. The van der Waals surface area contributed by atoms with Gasteiger partial charge in [0.05, 0.1) is 0 Å². The lowest BCUT2D eigenvalue weighted by atomic mass is 9.98. The highest BCUT2D eigenvalue weighted by Gasteiger charge is 2.26. The van der Waals surface area contributed by atoms with Crippen molar-refractivity contribution in [3.63, 3.8) is 0 Å². The maximum Gasteiger partial charge on any atom is 0.410 e. The molecule has 0 bridgehead atoms. The smallest absolute Gasteiger partial charge is 0.410 e. The topological polar surface area (TPSA) is 49.9 Å². The molecular formula is C17H23ClN2O3. The van der Waals surface area contributed by atoms with Gasteiger partial charge in [-0.25, -0.2) is 4.79 Å². The number of hydrogen-bond acceptors (Lipinski definition) is 3. The number of ether oxygens (including phenoxy) is 1. The van der Waals surface area contributed by atoms with E-state index in [-0.39, 0.29) is 30.4 Å². The summed E-state index contributed by atoms with van der Waals surface area (Å²) in [7, 11) is 1.75. The molecule has 0 saturated carbocycles. The van der Waals surface area contributed by atoms with Gasteiger partial charge in [0, 0.05) is 26.7 Å². The van der Waals surface area contributed by atoms with E-state index in [1.807, 2.05) is 30.3 Å². The van der Waals surface area contributed by atoms with Gasteiger partial charge < -0.3 is 14.5 Å². The van der Waals surface area contributed by atoms with Gasteiger partial charge in [0.25, 0.3) is 0 Å². The normalized spacial score (nSPS) is 17.7. The van der Waals surface area contributed by atoms with Gasteiger partial charge in [-0.05, 0) is 24.3 Å². The first kappa shape index (κ1) is 17.6. The Morgan fingerprint density at radius 2 is 2.09 bits per heavy atom. The van der Waals surface area contributed by atoms with Gasteiger partial charge in [0.1, 0.15) is 12.5 Å². The molecule has 126 valence electrons. The molecule has 1 heterocycles. The molecule has 0 aromatic heterocycles. The molecule has 1 atom stereocenters. The molecule has 1 fully saturated rings. The van der Waals surface area contributed by atoms with Crippen LogP contribution in [0.4, 0.5) is 4.79 Å². The van der Waals surface area contributed by atoms with Crippen LogP contribution < -0.4 is 0 Å². The van der Waals surface area contributed by atoms with Gasteiger partial charge >= 0.3 is 6.09 Å². The van der Waals surface area contributed by atoms with Crippen molar-refractivity contribution >= 4 is 23.6 Å². The van der Waals surface area contributed by atoms with E-state index >= 15 is 0 Å². The summed E-state index contributed by atoms with van der Waals surface area (Å²) in [5.41, 5.74) is 0.974. The molecule has 0 N–H and O–H groups in total. The Hall–Kier alpha value is -1.75. The monoisotopic (exact) mass is 338 g/mol. The van der Waals surface area contributed by atoms with E-state index in [0.717, 1.165) is 18.4 Å². The molecule has 1 aromatic carbocycles. The summed E-state index contributed by atoms with van der Waals surface area (Å²) in [5.74, 6) is 0.173. The first-order valence-electron chi connectivity index (χ1n) is 7.85. The first-order valence-corrected chi connectivity index (χ1v) is 8.39. The Kier molecular flexibility index (Phi) is 6.71. The predicted molar refractivity (Wildman–Crippen MR) is 89.3 cm³/mol. The molecule has 1 aliphatic rings. The minimum Gasteiger partial charge on any atom is -0.445 e. The summed E-state index contributed by atoms with van der Waals surface area (Å²) in [6, 6.07) is 9.63. The Balaban J connectivity index is 1.80. The number of benzene rings is 1. The van der Waals surface area contributed by atoms with Crippen molar-refractivity contribution in [1.29, 1.82) is 0 Å². The number of piperidine rings is 1. The van der Waals surface area contributed by atoms with E-state index in [1.165, 1.54) is 0 Å². The molecule has 2 amide bonds. The first-order chi connectivity index (χ1) is 11.1. The van der Waals surface area contributed by atoms with E-state index in [9.17, 15) is 9.59 Å². The van der Waals surface area contributed by atoms with Crippen LogP contribution in [0.2, 0.25) is 0 Å². The molecule has 5 nitrogen and oxygen atoms in total. The second kappa shape index (κ2) is 8.77. The SMILES string of the molecule is CN(C[C@@H]1CCCN(C(=O)OCc2ccccc2)C1)C(=O)CCl. The Morgan fingerprint density at radius 3 is 2.78 bits per heavy atom. The third kappa shape index (κ3) is 5.43. The number of halogens is 1. The number of carbonyl (C=O) groups excluding carboxylic acids is 2. The van der Waals surface area contributed by atoms with Gasteiger partial charge in [-0.2, -0.15) is 0 Å². The Bertz CT molecular complexity index is 524. The summed E-state index contributed by atoms with van der Waals surface area (Å²) in [6.07, 6.45) is 1.64. The van der Waals surface area contributed by atoms with Crippen molar-refractivity contribution in [3.05, 3.63) is 35.9 Å². The van der Waals surface area contributed by atoms with Crippen LogP contribution in [0.1, 0.15) is 18.4 Å². The number of amides is 2. The molecule has 0 aliphatic carbocycles. The van der Waals surface area contributed by atoms with Crippen molar-refractivity contribution < 1.29 is 14.3 Å². The van der Waals surface area contributed by atoms with E-state index in [1.54, 1.807) is 16.8 Å². The quantitative estimate of drug-likeness (QED) is 0.776. The number of carbonyl (C=O) groups is 2. The van der Waals surface area contributed by atoms with Crippen LogP contribution in [0.3, 0.4) is 0 Å². The molecule has 23 heavy (non-hydrogen) atoms. The zero-order valence-corrected chi connectivity index (χ0v) is 14.2. The number of alkyl halides is 1. The second-order valence-corrected chi connectivity index (χ2v) is 6.17. The molecule has 2 rings (SSSR count). The zero-order chi connectivity index (χ0) is 16.7. The maximum atomic E-state index is 12.2. The molecule has 1 aliphatic heterocycles. The van der Waals surface area contributed by atoms with Crippen LogP contribution in [0.15, 0.2) is 30.3 Å². The molecule has 1 aromatic rings. The highest BCUT2D eigenvalue weighted by molar-refractivity contribution is 6.27. The van der Waals surface area contributed by atoms with Crippen molar-refractivity contribution in [2.45, 2.75) is 19.4 Å². The fraction of sp³-hybridized carbons (Fsp3) is 0.529. The number of hydrogen-bond donors (Lipinski definition) is 0. The van der Waals surface area contributed by atoms with Crippen LogP contribution in [0.5, 0.6) is 0 Å². The lowest BCUT2D eigenvalue weighted by molar-refractivity contribution is -0.127. The summed E-state index contributed by atoms with van der Waals surface area (Å²) in [5, 5.41) is 0. The molecule has 0 unspecified atom stereocenters. The molecule has 1 saturated heterocycles. The lowest BCUT2D eigenvalue weighted by Crippen LogP contribution is -2.44. The molecule has 0 radical (unpaired) electrons. The lowest BCUT2D eigenvalue weighted by Gasteiger charge is -2.34. The molecule has 0 spiro atoms. The van der Waals surface area contributed by atoms with E-state index in [2.05, 4.69) is 0 Å². The van der Waals surface area contributed by atoms with Crippen molar-refractivity contribution in [2.75, 3.05) is 32.6 Å². The van der Waals surface area contributed by atoms with Crippen molar-refractivity contribution in [3.8, 4) is 0 Å². The molecule has 6 heteroatoms. The fourth-order valence-electron chi connectivity index (χ4n) is 2.78. The zero-order valence-electron chi connectivity index (χ0n) is 13.4. The van der Waals surface area contributed by atoms with Crippen LogP contribution in [-0.2, 0) is 16.1 Å². The highest BCUT2D eigenvalue weighted by Crippen LogP contribution is 2.18. The number of likely N-dealkylation sites (tertiary alicyclic amines) is 1. The van der Waals surface area contributed by atoms with Gasteiger partial charge in [-0.1, -0.05) is 30.3 Å². The summed E-state index contributed by atoms with van der Waals surface area (Å²) >= 11 is 5.57.